The van der Waals surface area contributed by atoms with Crippen molar-refractivity contribution in [3.63, 3.8) is 0 Å². The number of hydrogen-bond donors (Lipinski definition) is 0. The Balaban J connectivity index is 1.44. The number of rotatable bonds is 5. The molecule has 0 aliphatic heterocycles. The third-order valence-corrected chi connectivity index (χ3v) is 5.78. The van der Waals surface area contributed by atoms with Crippen LogP contribution in [0.2, 0.25) is 0 Å². The maximum absolute atomic E-state index is 6.23. The van der Waals surface area contributed by atoms with Gasteiger partial charge in [0.25, 0.3) is 0 Å². The lowest BCUT2D eigenvalue weighted by atomic mass is 9.62. The number of aromatic nitrogens is 2. The van der Waals surface area contributed by atoms with Crippen LogP contribution in [0.3, 0.4) is 0 Å². The molecule has 4 aromatic rings. The zero-order chi connectivity index (χ0) is 19.5. The molecular formula is C26H22N2O. The molecule has 0 radical (unpaired) electrons. The lowest BCUT2D eigenvalue weighted by Crippen LogP contribution is -2.36. The summed E-state index contributed by atoms with van der Waals surface area (Å²) in [5.74, 6) is 1.66. The maximum atomic E-state index is 6.23. The van der Waals surface area contributed by atoms with Gasteiger partial charge in [0.2, 0.25) is 0 Å². The Morgan fingerprint density at radius 2 is 1.45 bits per heavy atom. The van der Waals surface area contributed by atoms with Crippen molar-refractivity contribution in [1.29, 1.82) is 0 Å². The summed E-state index contributed by atoms with van der Waals surface area (Å²) in [6.45, 7) is 0. The van der Waals surface area contributed by atoms with E-state index < -0.39 is 0 Å². The molecule has 142 valence electrons. The van der Waals surface area contributed by atoms with Gasteiger partial charge in [0.15, 0.2) is 0 Å². The van der Waals surface area contributed by atoms with Gasteiger partial charge in [-0.05, 0) is 66.9 Å². The Morgan fingerprint density at radius 3 is 2.14 bits per heavy atom. The first-order valence-corrected chi connectivity index (χ1v) is 10.0. The summed E-state index contributed by atoms with van der Waals surface area (Å²) in [6, 6.07) is 28.7. The summed E-state index contributed by atoms with van der Waals surface area (Å²) in [5, 5.41) is 0. The summed E-state index contributed by atoms with van der Waals surface area (Å²) in [6.07, 6.45) is 7.18. The van der Waals surface area contributed by atoms with Crippen LogP contribution in [0.5, 0.6) is 11.5 Å². The fraction of sp³-hybridized carbons (Fsp3) is 0.154. The van der Waals surface area contributed by atoms with Crippen molar-refractivity contribution < 1.29 is 4.74 Å². The first kappa shape index (κ1) is 17.6. The largest absolute Gasteiger partial charge is 0.457 e. The molecule has 0 saturated heterocycles. The van der Waals surface area contributed by atoms with E-state index in [1.807, 2.05) is 60.9 Å². The minimum Gasteiger partial charge on any atom is -0.457 e. The van der Waals surface area contributed by atoms with Crippen molar-refractivity contribution >= 4 is 0 Å². The second-order valence-electron chi connectivity index (χ2n) is 7.52. The highest BCUT2D eigenvalue weighted by atomic mass is 16.5. The zero-order valence-corrected chi connectivity index (χ0v) is 16.2. The molecule has 1 aliphatic rings. The van der Waals surface area contributed by atoms with Crippen LogP contribution in [0, 0.1) is 0 Å². The lowest BCUT2D eigenvalue weighted by Gasteiger charge is -2.42. The Labute approximate surface area is 171 Å². The molecule has 1 saturated carbocycles. The van der Waals surface area contributed by atoms with Gasteiger partial charge in [-0.1, -0.05) is 42.8 Å². The van der Waals surface area contributed by atoms with E-state index in [4.69, 9.17) is 4.74 Å². The summed E-state index contributed by atoms with van der Waals surface area (Å²) in [4.78, 5) is 9.09. The Hall–Kier alpha value is -3.46. The van der Waals surface area contributed by atoms with E-state index >= 15 is 0 Å². The average molecular weight is 378 g/mol. The number of ether oxygens (including phenoxy) is 1. The number of nitrogens with zero attached hydrogens (tertiary/aromatic N) is 2. The molecule has 1 aliphatic carbocycles. The molecule has 2 heterocycles. The molecule has 2 aromatic heterocycles. The summed E-state index contributed by atoms with van der Waals surface area (Å²) >= 11 is 0. The lowest BCUT2D eigenvalue weighted by molar-refractivity contribution is 0.293. The molecule has 0 amide bonds. The van der Waals surface area contributed by atoms with Crippen molar-refractivity contribution in [2.45, 2.75) is 24.7 Å². The number of benzene rings is 2. The van der Waals surface area contributed by atoms with Gasteiger partial charge in [-0.15, -0.1) is 0 Å². The fourth-order valence-corrected chi connectivity index (χ4v) is 4.11. The Kier molecular flexibility index (Phi) is 4.57. The van der Waals surface area contributed by atoms with E-state index in [0.29, 0.717) is 0 Å². The molecule has 0 bridgehead atoms. The van der Waals surface area contributed by atoms with Crippen molar-refractivity contribution in [3.8, 4) is 22.8 Å². The molecule has 5 rings (SSSR count). The predicted molar refractivity (Wildman–Crippen MR) is 115 cm³/mol. The Bertz CT molecular complexity index is 1110. The van der Waals surface area contributed by atoms with Crippen LogP contribution in [-0.4, -0.2) is 9.97 Å². The summed E-state index contributed by atoms with van der Waals surface area (Å²) < 4.78 is 6.23. The normalized spacial score (nSPS) is 14.8. The van der Waals surface area contributed by atoms with Crippen molar-refractivity contribution in [2.75, 3.05) is 0 Å². The van der Waals surface area contributed by atoms with Crippen molar-refractivity contribution in [1.82, 2.24) is 9.97 Å². The quantitative estimate of drug-likeness (QED) is 0.403. The first-order valence-electron chi connectivity index (χ1n) is 10.0. The van der Waals surface area contributed by atoms with Crippen LogP contribution in [0.4, 0.5) is 0 Å². The molecule has 2 aromatic carbocycles. The van der Waals surface area contributed by atoms with Gasteiger partial charge < -0.3 is 4.74 Å². The monoisotopic (exact) mass is 378 g/mol. The van der Waals surface area contributed by atoms with E-state index in [1.165, 1.54) is 12.0 Å². The van der Waals surface area contributed by atoms with Gasteiger partial charge in [0.05, 0.1) is 11.4 Å². The third-order valence-electron chi connectivity index (χ3n) is 5.78. The van der Waals surface area contributed by atoms with Gasteiger partial charge in [-0.2, -0.15) is 0 Å². The molecule has 3 nitrogen and oxygen atoms in total. The fourth-order valence-electron chi connectivity index (χ4n) is 4.11. The molecular weight excluding hydrogens is 356 g/mol. The highest BCUT2D eigenvalue weighted by molar-refractivity contribution is 5.61. The molecule has 0 atom stereocenters. The minimum atomic E-state index is 0.0104. The van der Waals surface area contributed by atoms with Crippen LogP contribution in [0.1, 0.15) is 30.5 Å². The van der Waals surface area contributed by atoms with E-state index in [1.54, 1.807) is 0 Å². The molecule has 0 N–H and O–H groups in total. The second kappa shape index (κ2) is 7.51. The van der Waals surface area contributed by atoms with Crippen molar-refractivity contribution in [3.05, 3.63) is 109 Å². The highest BCUT2D eigenvalue weighted by Crippen LogP contribution is 2.48. The predicted octanol–water partition coefficient (Wildman–Crippen LogP) is 6.41. The van der Waals surface area contributed by atoms with Crippen LogP contribution in [0.15, 0.2) is 97.3 Å². The maximum Gasteiger partial charge on any atom is 0.128 e. The van der Waals surface area contributed by atoms with Gasteiger partial charge in [0, 0.05) is 23.4 Å². The zero-order valence-electron chi connectivity index (χ0n) is 16.2. The highest BCUT2D eigenvalue weighted by Gasteiger charge is 2.41. The number of hydrogen-bond acceptors (Lipinski definition) is 3. The van der Waals surface area contributed by atoms with Gasteiger partial charge in [0.1, 0.15) is 11.5 Å². The number of pyridine rings is 2. The van der Waals surface area contributed by atoms with E-state index in [9.17, 15) is 0 Å². The van der Waals surface area contributed by atoms with E-state index in [0.717, 1.165) is 41.3 Å². The van der Waals surface area contributed by atoms with Gasteiger partial charge in [-0.3, -0.25) is 9.97 Å². The van der Waals surface area contributed by atoms with Crippen LogP contribution in [0.25, 0.3) is 11.3 Å². The minimum absolute atomic E-state index is 0.0104. The summed E-state index contributed by atoms with van der Waals surface area (Å²) in [5.41, 5.74) is 4.43. The van der Waals surface area contributed by atoms with Gasteiger partial charge in [-0.25, -0.2) is 0 Å². The molecule has 29 heavy (non-hydrogen) atoms. The van der Waals surface area contributed by atoms with Crippen LogP contribution in [-0.2, 0) is 5.41 Å². The standard InChI is InChI=1S/C26H22N2O/c1-3-16-27-24(12-1)20-8-5-10-22(18-20)29-23-11-6-9-21(19-23)26(14-7-15-26)25-13-2-4-17-28-25/h1-6,8-13,16-19H,7,14-15H2. The topological polar surface area (TPSA) is 35.0 Å². The second-order valence-corrected chi connectivity index (χ2v) is 7.52. The third kappa shape index (κ3) is 3.40. The van der Waals surface area contributed by atoms with E-state index in [-0.39, 0.29) is 5.41 Å². The van der Waals surface area contributed by atoms with Gasteiger partial charge >= 0.3 is 0 Å². The smallest absolute Gasteiger partial charge is 0.128 e. The van der Waals surface area contributed by atoms with Crippen molar-refractivity contribution in [2.24, 2.45) is 0 Å². The molecule has 1 fully saturated rings. The van der Waals surface area contributed by atoms with E-state index in [2.05, 4.69) is 46.4 Å². The van der Waals surface area contributed by atoms with Crippen LogP contribution >= 0.6 is 0 Å². The average Bonchev–Trinajstić information content (AvgIpc) is 2.75. The molecule has 0 spiro atoms. The first-order chi connectivity index (χ1) is 14.3. The van der Waals surface area contributed by atoms with Crippen LogP contribution < -0.4 is 4.74 Å². The Morgan fingerprint density at radius 1 is 0.690 bits per heavy atom. The SMILES string of the molecule is c1ccc(-c2cccc(Oc3cccc(C4(c5ccccn5)CCC4)c3)c2)nc1. The molecule has 3 heteroatoms. The molecule has 0 unspecified atom stereocenters. The summed E-state index contributed by atoms with van der Waals surface area (Å²) in [7, 11) is 0.